The van der Waals surface area contributed by atoms with Gasteiger partial charge in [0, 0.05) is 18.9 Å². The molecule has 2 N–H and O–H groups in total. The zero-order valence-corrected chi connectivity index (χ0v) is 8.82. The molecule has 0 aromatic heterocycles. The lowest BCUT2D eigenvalue weighted by atomic mass is 9.92. The van der Waals surface area contributed by atoms with Crippen molar-refractivity contribution >= 4 is 11.7 Å². The quantitative estimate of drug-likeness (QED) is 0.709. The first-order valence-corrected chi connectivity index (χ1v) is 5.05. The molecule has 0 spiro atoms. The summed E-state index contributed by atoms with van der Waals surface area (Å²) in [5.41, 5.74) is 5.22. The van der Waals surface area contributed by atoms with Gasteiger partial charge in [0.15, 0.2) is 0 Å². The molecule has 0 heterocycles. The molecule has 4 heteroatoms. The minimum absolute atomic E-state index is 0.242. The zero-order chi connectivity index (χ0) is 10.7. The van der Waals surface area contributed by atoms with E-state index < -0.39 is 0 Å². The van der Waals surface area contributed by atoms with E-state index in [1.807, 2.05) is 11.9 Å². The largest absolute Gasteiger partial charge is 0.368 e. The van der Waals surface area contributed by atoms with E-state index in [9.17, 15) is 9.59 Å². The van der Waals surface area contributed by atoms with Crippen LogP contribution in [0.5, 0.6) is 0 Å². The van der Waals surface area contributed by atoms with Crippen LogP contribution in [-0.4, -0.2) is 35.7 Å². The number of Topliss-reactive ketones (excluding diaryl/α,β-unsaturated/α-hetero) is 1. The number of hydrogen-bond acceptors (Lipinski definition) is 3. The first-order chi connectivity index (χ1) is 6.52. The molecule has 1 rings (SSSR count). The third kappa shape index (κ3) is 2.54. The molecule has 0 aromatic carbocycles. The van der Waals surface area contributed by atoms with Crippen molar-refractivity contribution in [1.82, 2.24) is 4.90 Å². The van der Waals surface area contributed by atoms with Crippen LogP contribution in [0.15, 0.2) is 0 Å². The number of nitrogens with two attached hydrogens (primary N) is 1. The zero-order valence-electron chi connectivity index (χ0n) is 8.82. The van der Waals surface area contributed by atoms with Crippen LogP contribution in [0.2, 0.25) is 0 Å². The minimum Gasteiger partial charge on any atom is -0.368 e. The molecule has 0 aromatic rings. The van der Waals surface area contributed by atoms with Crippen LogP contribution in [-0.2, 0) is 9.59 Å². The Morgan fingerprint density at radius 1 is 1.50 bits per heavy atom. The third-order valence-electron chi connectivity index (χ3n) is 3.11. The first kappa shape index (κ1) is 11.2. The second kappa shape index (κ2) is 4.55. The molecule has 0 radical (unpaired) electrons. The molecule has 1 aliphatic rings. The maximum absolute atomic E-state index is 11.0. The Morgan fingerprint density at radius 2 is 2.00 bits per heavy atom. The number of rotatable bonds is 3. The molecule has 0 saturated heterocycles. The van der Waals surface area contributed by atoms with Crippen molar-refractivity contribution in [3.05, 3.63) is 0 Å². The van der Waals surface area contributed by atoms with Crippen molar-refractivity contribution in [2.24, 2.45) is 5.73 Å². The second-order valence-corrected chi connectivity index (χ2v) is 4.01. The highest BCUT2D eigenvalue weighted by atomic mass is 16.1. The van der Waals surface area contributed by atoms with Gasteiger partial charge in [-0.1, -0.05) is 0 Å². The fraction of sp³-hybridized carbons (Fsp3) is 0.800. The molecule has 1 aliphatic carbocycles. The van der Waals surface area contributed by atoms with Crippen LogP contribution < -0.4 is 5.73 Å². The number of carbonyl (C=O) groups excluding carboxylic acids is 2. The Bertz CT molecular complexity index is 230. The highest BCUT2D eigenvalue weighted by Gasteiger charge is 2.26. The number of likely N-dealkylation sites (N-methyl/N-ethyl adjacent to an activating group) is 1. The van der Waals surface area contributed by atoms with E-state index in [1.165, 1.54) is 0 Å². The average molecular weight is 198 g/mol. The average Bonchev–Trinajstić information content (AvgIpc) is 2.16. The summed E-state index contributed by atoms with van der Waals surface area (Å²) in [4.78, 5) is 24.0. The molecule has 1 saturated carbocycles. The van der Waals surface area contributed by atoms with Crippen LogP contribution in [0.3, 0.4) is 0 Å². The number of nitrogens with zero attached hydrogens (tertiary/aromatic N) is 1. The molecule has 1 fully saturated rings. The molecule has 1 amide bonds. The van der Waals surface area contributed by atoms with Crippen LogP contribution >= 0.6 is 0 Å². The van der Waals surface area contributed by atoms with Gasteiger partial charge in [-0.05, 0) is 26.8 Å². The van der Waals surface area contributed by atoms with E-state index in [0.29, 0.717) is 24.7 Å². The maximum Gasteiger partial charge on any atom is 0.234 e. The molecule has 0 bridgehead atoms. The van der Waals surface area contributed by atoms with Crippen LogP contribution in [0, 0.1) is 0 Å². The molecular formula is C10H18N2O2. The van der Waals surface area contributed by atoms with Gasteiger partial charge in [-0.3, -0.25) is 14.5 Å². The Balaban J connectivity index is 2.48. The number of primary amides is 1. The van der Waals surface area contributed by atoms with Crippen molar-refractivity contribution in [2.45, 2.75) is 44.7 Å². The van der Waals surface area contributed by atoms with E-state index in [2.05, 4.69) is 0 Å². The van der Waals surface area contributed by atoms with Gasteiger partial charge >= 0.3 is 0 Å². The van der Waals surface area contributed by atoms with Crippen LogP contribution in [0.4, 0.5) is 0 Å². The summed E-state index contributed by atoms with van der Waals surface area (Å²) in [6, 6.07) is 0.0865. The second-order valence-electron chi connectivity index (χ2n) is 4.01. The number of hydrogen-bond donors (Lipinski definition) is 1. The molecule has 14 heavy (non-hydrogen) atoms. The van der Waals surface area contributed by atoms with Gasteiger partial charge < -0.3 is 5.73 Å². The van der Waals surface area contributed by atoms with Gasteiger partial charge in [0.25, 0.3) is 0 Å². The summed E-state index contributed by atoms with van der Waals surface area (Å²) in [6.45, 7) is 1.80. The van der Waals surface area contributed by atoms with E-state index in [-0.39, 0.29) is 11.9 Å². The number of amides is 1. The minimum atomic E-state index is -0.301. The standard InChI is InChI=1S/C10H18N2O2/c1-7(10(11)14)12(2)8-3-5-9(13)6-4-8/h7-8H,3-6H2,1-2H3,(H2,11,14). The Kier molecular flexibility index (Phi) is 3.63. The fourth-order valence-corrected chi connectivity index (χ4v) is 1.85. The van der Waals surface area contributed by atoms with Crippen molar-refractivity contribution in [3.8, 4) is 0 Å². The smallest absolute Gasteiger partial charge is 0.234 e. The van der Waals surface area contributed by atoms with Gasteiger partial charge in [-0.2, -0.15) is 0 Å². The molecular weight excluding hydrogens is 180 g/mol. The van der Waals surface area contributed by atoms with Gasteiger partial charge in [-0.25, -0.2) is 0 Å². The lowest BCUT2D eigenvalue weighted by Crippen LogP contribution is -2.47. The number of carbonyl (C=O) groups is 2. The van der Waals surface area contributed by atoms with Gasteiger partial charge in [-0.15, -0.1) is 0 Å². The van der Waals surface area contributed by atoms with E-state index in [0.717, 1.165) is 12.8 Å². The van der Waals surface area contributed by atoms with Crippen molar-refractivity contribution in [1.29, 1.82) is 0 Å². The molecule has 0 aliphatic heterocycles. The maximum atomic E-state index is 11.0. The third-order valence-corrected chi connectivity index (χ3v) is 3.11. The summed E-state index contributed by atoms with van der Waals surface area (Å²) >= 11 is 0. The van der Waals surface area contributed by atoms with E-state index in [4.69, 9.17) is 5.73 Å². The lowest BCUT2D eigenvalue weighted by molar-refractivity contribution is -0.124. The summed E-state index contributed by atoms with van der Waals surface area (Å²) < 4.78 is 0. The Morgan fingerprint density at radius 3 is 2.43 bits per heavy atom. The highest BCUT2D eigenvalue weighted by Crippen LogP contribution is 2.20. The van der Waals surface area contributed by atoms with Gasteiger partial charge in [0.2, 0.25) is 5.91 Å². The van der Waals surface area contributed by atoms with Crippen molar-refractivity contribution in [3.63, 3.8) is 0 Å². The van der Waals surface area contributed by atoms with Crippen molar-refractivity contribution in [2.75, 3.05) is 7.05 Å². The predicted molar refractivity (Wildman–Crippen MR) is 53.7 cm³/mol. The van der Waals surface area contributed by atoms with E-state index >= 15 is 0 Å². The molecule has 4 nitrogen and oxygen atoms in total. The molecule has 80 valence electrons. The van der Waals surface area contributed by atoms with Gasteiger partial charge in [0.05, 0.1) is 6.04 Å². The van der Waals surface area contributed by atoms with Crippen LogP contribution in [0.1, 0.15) is 32.6 Å². The Labute approximate surface area is 84.4 Å². The highest BCUT2D eigenvalue weighted by molar-refractivity contribution is 5.80. The first-order valence-electron chi connectivity index (χ1n) is 5.05. The number of ketones is 1. The topological polar surface area (TPSA) is 63.4 Å². The predicted octanol–water partition coefficient (Wildman–Crippen LogP) is 0.304. The summed E-state index contributed by atoms with van der Waals surface area (Å²) in [6.07, 6.45) is 2.99. The SMILES string of the molecule is CC(C(N)=O)N(C)C1CCC(=O)CC1. The molecule has 1 unspecified atom stereocenters. The monoisotopic (exact) mass is 198 g/mol. The van der Waals surface area contributed by atoms with Gasteiger partial charge in [0.1, 0.15) is 5.78 Å². The molecule has 1 atom stereocenters. The lowest BCUT2D eigenvalue weighted by Gasteiger charge is -2.33. The van der Waals surface area contributed by atoms with E-state index in [1.54, 1.807) is 6.92 Å². The van der Waals surface area contributed by atoms with Crippen LogP contribution in [0.25, 0.3) is 0 Å². The van der Waals surface area contributed by atoms with Crippen molar-refractivity contribution < 1.29 is 9.59 Å². The summed E-state index contributed by atoms with van der Waals surface area (Å²) in [5.74, 6) is 0.0331. The summed E-state index contributed by atoms with van der Waals surface area (Å²) in [7, 11) is 1.90. The summed E-state index contributed by atoms with van der Waals surface area (Å²) in [5, 5.41) is 0. The fourth-order valence-electron chi connectivity index (χ4n) is 1.85. The normalized spacial score (nSPS) is 21.2. The Hall–Kier alpha value is -0.900.